The number of hydrogen-bond acceptors (Lipinski definition) is 4. The lowest BCUT2D eigenvalue weighted by molar-refractivity contribution is 0.0664. The van der Waals surface area contributed by atoms with Gasteiger partial charge in [-0.1, -0.05) is 23.7 Å². The average molecular weight is 382 g/mol. The molecule has 0 aliphatic carbocycles. The van der Waals surface area contributed by atoms with E-state index in [1.165, 1.54) is 0 Å². The Morgan fingerprint density at radius 3 is 2.48 bits per heavy atom. The van der Waals surface area contributed by atoms with Gasteiger partial charge in [0.25, 0.3) is 5.91 Å². The first kappa shape index (κ1) is 17.8. The summed E-state index contributed by atoms with van der Waals surface area (Å²) in [5.41, 5.74) is 2.22. The molecule has 0 radical (unpaired) electrons. The Bertz CT molecular complexity index is 944. The van der Waals surface area contributed by atoms with Gasteiger partial charge in [0.1, 0.15) is 0 Å². The number of benzene rings is 2. The lowest BCUT2D eigenvalue weighted by Gasteiger charge is -2.32. The van der Waals surface area contributed by atoms with Crippen molar-refractivity contribution >= 4 is 17.5 Å². The maximum atomic E-state index is 13.0. The van der Waals surface area contributed by atoms with Gasteiger partial charge in [0, 0.05) is 42.3 Å². The normalized spacial score (nSPS) is 15.1. The predicted octanol–water partition coefficient (Wildman–Crippen LogP) is 4.05. The van der Waals surface area contributed by atoms with Crippen LogP contribution in [0.15, 0.2) is 59.1 Å². The number of carbonyl (C=O) groups is 1. The van der Waals surface area contributed by atoms with Crippen molar-refractivity contribution in [3.63, 3.8) is 0 Å². The van der Waals surface area contributed by atoms with Crippen molar-refractivity contribution in [2.24, 2.45) is 0 Å². The number of amides is 1. The van der Waals surface area contributed by atoms with Crippen LogP contribution in [0.1, 0.15) is 10.4 Å². The molecule has 0 bridgehead atoms. The molecule has 1 amide bonds. The van der Waals surface area contributed by atoms with E-state index in [1.54, 1.807) is 6.20 Å². The number of halogens is 1. The zero-order chi connectivity index (χ0) is 18.8. The van der Waals surface area contributed by atoms with Gasteiger partial charge in [-0.3, -0.25) is 4.79 Å². The van der Waals surface area contributed by atoms with E-state index in [4.69, 9.17) is 16.0 Å². The molecule has 0 unspecified atom stereocenters. The number of piperazine rings is 1. The minimum Gasteiger partial charge on any atom is -0.436 e. The van der Waals surface area contributed by atoms with Gasteiger partial charge in [-0.25, -0.2) is 4.98 Å². The molecule has 3 aromatic rings. The van der Waals surface area contributed by atoms with Crippen LogP contribution in [0.5, 0.6) is 0 Å². The van der Waals surface area contributed by atoms with E-state index in [0.29, 0.717) is 27.8 Å². The molecule has 27 heavy (non-hydrogen) atoms. The SMILES string of the molecule is CN1CCN(C(=O)c2ccccc2-c2ncc(-c3ccc(Cl)cc3)o2)CC1. The highest BCUT2D eigenvalue weighted by atomic mass is 35.5. The summed E-state index contributed by atoms with van der Waals surface area (Å²) in [7, 11) is 2.07. The highest BCUT2D eigenvalue weighted by Gasteiger charge is 2.24. The lowest BCUT2D eigenvalue weighted by atomic mass is 10.1. The third-order valence-corrected chi connectivity index (χ3v) is 5.06. The predicted molar refractivity (Wildman–Crippen MR) is 106 cm³/mol. The third-order valence-electron chi connectivity index (χ3n) is 4.81. The van der Waals surface area contributed by atoms with Crippen molar-refractivity contribution in [1.29, 1.82) is 0 Å². The summed E-state index contributed by atoms with van der Waals surface area (Å²) in [6.45, 7) is 3.22. The first-order valence-electron chi connectivity index (χ1n) is 8.91. The van der Waals surface area contributed by atoms with Crippen LogP contribution in [0.25, 0.3) is 22.8 Å². The van der Waals surface area contributed by atoms with Crippen LogP contribution >= 0.6 is 11.6 Å². The largest absolute Gasteiger partial charge is 0.436 e. The second-order valence-electron chi connectivity index (χ2n) is 6.68. The molecule has 6 heteroatoms. The Balaban J connectivity index is 1.63. The van der Waals surface area contributed by atoms with Gasteiger partial charge in [0.2, 0.25) is 5.89 Å². The van der Waals surface area contributed by atoms with Crippen molar-refractivity contribution in [3.8, 4) is 22.8 Å². The number of rotatable bonds is 3. The number of oxazole rings is 1. The molecule has 0 N–H and O–H groups in total. The monoisotopic (exact) mass is 381 g/mol. The fourth-order valence-electron chi connectivity index (χ4n) is 3.18. The summed E-state index contributed by atoms with van der Waals surface area (Å²) in [4.78, 5) is 21.6. The minimum absolute atomic E-state index is 0.0185. The zero-order valence-corrected chi connectivity index (χ0v) is 15.8. The summed E-state index contributed by atoms with van der Waals surface area (Å²) in [5, 5.41) is 0.668. The van der Waals surface area contributed by atoms with Crippen molar-refractivity contribution < 1.29 is 9.21 Å². The van der Waals surface area contributed by atoms with Gasteiger partial charge in [-0.15, -0.1) is 0 Å². The van der Waals surface area contributed by atoms with Crippen molar-refractivity contribution in [2.45, 2.75) is 0 Å². The molecule has 1 aliphatic heterocycles. The molecule has 1 aliphatic rings. The Labute approximate surface area is 163 Å². The van der Waals surface area contributed by atoms with Crippen LogP contribution < -0.4 is 0 Å². The highest BCUT2D eigenvalue weighted by molar-refractivity contribution is 6.30. The van der Waals surface area contributed by atoms with Gasteiger partial charge in [0.15, 0.2) is 5.76 Å². The van der Waals surface area contributed by atoms with Crippen LogP contribution in [0.2, 0.25) is 5.02 Å². The minimum atomic E-state index is 0.0185. The molecule has 2 aromatic carbocycles. The Hall–Kier alpha value is -2.63. The summed E-state index contributed by atoms with van der Waals surface area (Å²) in [6.07, 6.45) is 1.68. The highest BCUT2D eigenvalue weighted by Crippen LogP contribution is 2.29. The molecule has 0 atom stereocenters. The van der Waals surface area contributed by atoms with E-state index in [0.717, 1.165) is 31.7 Å². The van der Waals surface area contributed by atoms with Gasteiger partial charge < -0.3 is 14.2 Å². The zero-order valence-electron chi connectivity index (χ0n) is 15.1. The number of nitrogens with zero attached hydrogens (tertiary/aromatic N) is 3. The van der Waals surface area contributed by atoms with Gasteiger partial charge in [-0.05, 0) is 43.4 Å². The topological polar surface area (TPSA) is 49.6 Å². The Morgan fingerprint density at radius 2 is 1.74 bits per heavy atom. The van der Waals surface area contributed by atoms with Gasteiger partial charge in [-0.2, -0.15) is 0 Å². The molecule has 1 fully saturated rings. The van der Waals surface area contributed by atoms with Crippen LogP contribution in [0.4, 0.5) is 0 Å². The fourth-order valence-corrected chi connectivity index (χ4v) is 3.31. The molecule has 5 nitrogen and oxygen atoms in total. The number of aromatic nitrogens is 1. The molecule has 1 aromatic heterocycles. The molecule has 4 rings (SSSR count). The molecular formula is C21H20ClN3O2. The van der Waals surface area contributed by atoms with E-state index >= 15 is 0 Å². The molecular weight excluding hydrogens is 362 g/mol. The molecule has 0 saturated carbocycles. The van der Waals surface area contributed by atoms with E-state index in [1.807, 2.05) is 53.4 Å². The number of carbonyl (C=O) groups excluding carboxylic acids is 1. The molecule has 138 valence electrons. The summed E-state index contributed by atoms with van der Waals surface area (Å²) in [6, 6.07) is 14.9. The van der Waals surface area contributed by atoms with E-state index in [9.17, 15) is 4.79 Å². The van der Waals surface area contributed by atoms with Crippen LogP contribution in [0.3, 0.4) is 0 Å². The van der Waals surface area contributed by atoms with E-state index in [2.05, 4.69) is 16.9 Å². The van der Waals surface area contributed by atoms with Crippen molar-refractivity contribution in [3.05, 3.63) is 65.3 Å². The van der Waals surface area contributed by atoms with Gasteiger partial charge in [0.05, 0.1) is 11.8 Å². The van der Waals surface area contributed by atoms with Crippen molar-refractivity contribution in [2.75, 3.05) is 33.2 Å². The summed E-state index contributed by atoms with van der Waals surface area (Å²) in [5.74, 6) is 1.10. The lowest BCUT2D eigenvalue weighted by Crippen LogP contribution is -2.47. The number of likely N-dealkylation sites (N-methyl/N-ethyl adjacent to an activating group) is 1. The quantitative estimate of drug-likeness (QED) is 0.686. The smallest absolute Gasteiger partial charge is 0.254 e. The van der Waals surface area contributed by atoms with Gasteiger partial charge >= 0.3 is 0 Å². The first-order valence-corrected chi connectivity index (χ1v) is 9.28. The first-order chi connectivity index (χ1) is 13.1. The van der Waals surface area contributed by atoms with Crippen LogP contribution in [0, 0.1) is 0 Å². The second kappa shape index (κ2) is 7.55. The second-order valence-corrected chi connectivity index (χ2v) is 7.11. The Kier molecular flexibility index (Phi) is 4.97. The van der Waals surface area contributed by atoms with E-state index < -0.39 is 0 Å². The standard InChI is InChI=1S/C21H20ClN3O2/c1-24-10-12-25(13-11-24)21(26)18-5-3-2-4-17(18)20-23-14-19(27-20)15-6-8-16(22)9-7-15/h2-9,14H,10-13H2,1H3. The van der Waals surface area contributed by atoms with Crippen molar-refractivity contribution in [1.82, 2.24) is 14.8 Å². The average Bonchev–Trinajstić information content (AvgIpc) is 3.19. The maximum absolute atomic E-state index is 13.0. The Morgan fingerprint density at radius 1 is 1.04 bits per heavy atom. The molecule has 1 saturated heterocycles. The van der Waals surface area contributed by atoms with Crippen LogP contribution in [-0.2, 0) is 0 Å². The molecule has 2 heterocycles. The number of hydrogen-bond donors (Lipinski definition) is 0. The third kappa shape index (κ3) is 3.75. The van der Waals surface area contributed by atoms with Crippen LogP contribution in [-0.4, -0.2) is 53.9 Å². The fraction of sp³-hybridized carbons (Fsp3) is 0.238. The van der Waals surface area contributed by atoms with E-state index in [-0.39, 0.29) is 5.91 Å². The summed E-state index contributed by atoms with van der Waals surface area (Å²) < 4.78 is 5.96. The maximum Gasteiger partial charge on any atom is 0.254 e. The summed E-state index contributed by atoms with van der Waals surface area (Å²) >= 11 is 5.95. The molecule has 0 spiro atoms.